The first-order chi connectivity index (χ1) is 9.51. The third kappa shape index (κ3) is 3.26. The summed E-state index contributed by atoms with van der Waals surface area (Å²) in [5.41, 5.74) is 5.21. The summed E-state index contributed by atoms with van der Waals surface area (Å²) in [5.74, 6) is -0.117. The van der Waals surface area contributed by atoms with Crippen LogP contribution in [0.3, 0.4) is 0 Å². The molecular formula is C18H22FN. The lowest BCUT2D eigenvalue weighted by atomic mass is 9.93. The Morgan fingerprint density at radius 1 is 1.00 bits per heavy atom. The average Bonchev–Trinajstić information content (AvgIpc) is 2.38. The molecule has 20 heavy (non-hydrogen) atoms. The molecule has 1 unspecified atom stereocenters. The lowest BCUT2D eigenvalue weighted by molar-refractivity contribution is 0.530. The number of hydrogen-bond acceptors (Lipinski definition) is 1. The molecule has 0 aliphatic carbocycles. The van der Waals surface area contributed by atoms with E-state index >= 15 is 0 Å². The molecular weight excluding hydrogens is 249 g/mol. The zero-order valence-corrected chi connectivity index (χ0v) is 12.6. The van der Waals surface area contributed by atoms with Crippen molar-refractivity contribution in [2.75, 3.05) is 7.05 Å². The molecule has 1 atom stereocenters. The van der Waals surface area contributed by atoms with Crippen molar-refractivity contribution in [2.24, 2.45) is 0 Å². The molecule has 1 N–H and O–H groups in total. The van der Waals surface area contributed by atoms with Gasteiger partial charge in [-0.3, -0.25) is 0 Å². The van der Waals surface area contributed by atoms with Gasteiger partial charge in [0.05, 0.1) is 0 Å². The minimum Gasteiger partial charge on any atom is -0.313 e. The molecule has 0 aliphatic heterocycles. The highest BCUT2D eigenvalue weighted by molar-refractivity contribution is 5.35. The lowest BCUT2D eigenvalue weighted by Crippen LogP contribution is -2.21. The van der Waals surface area contributed by atoms with Gasteiger partial charge in [-0.1, -0.05) is 35.9 Å². The van der Waals surface area contributed by atoms with Gasteiger partial charge in [0.15, 0.2) is 0 Å². The minimum absolute atomic E-state index is 0.00157. The highest BCUT2D eigenvalue weighted by Crippen LogP contribution is 2.25. The third-order valence-electron chi connectivity index (χ3n) is 3.74. The van der Waals surface area contributed by atoms with Crippen LogP contribution < -0.4 is 5.32 Å². The molecule has 2 heteroatoms. The number of likely N-dealkylation sites (N-methyl/N-ethyl adjacent to an activating group) is 1. The second kappa shape index (κ2) is 6.19. The van der Waals surface area contributed by atoms with E-state index in [4.69, 9.17) is 0 Å². The van der Waals surface area contributed by atoms with E-state index in [-0.39, 0.29) is 11.9 Å². The Labute approximate surface area is 120 Å². The predicted molar refractivity (Wildman–Crippen MR) is 82.6 cm³/mol. The molecule has 0 aliphatic rings. The fraction of sp³-hybridized carbons (Fsp3) is 0.333. The monoisotopic (exact) mass is 271 g/mol. The molecule has 0 saturated heterocycles. The van der Waals surface area contributed by atoms with Crippen molar-refractivity contribution in [2.45, 2.75) is 33.2 Å². The molecule has 106 valence electrons. The molecule has 0 amide bonds. The third-order valence-corrected chi connectivity index (χ3v) is 3.74. The van der Waals surface area contributed by atoms with E-state index in [0.29, 0.717) is 0 Å². The van der Waals surface area contributed by atoms with Crippen molar-refractivity contribution in [3.05, 3.63) is 70.0 Å². The summed E-state index contributed by atoms with van der Waals surface area (Å²) in [6, 6.07) is 12.1. The van der Waals surface area contributed by atoms with Gasteiger partial charge < -0.3 is 5.32 Å². The van der Waals surface area contributed by atoms with Crippen LogP contribution >= 0.6 is 0 Å². The summed E-state index contributed by atoms with van der Waals surface area (Å²) >= 11 is 0. The first-order valence-corrected chi connectivity index (χ1v) is 7.00. The number of aryl methyl sites for hydroxylation is 3. The van der Waals surface area contributed by atoms with Crippen LogP contribution in [0.1, 0.15) is 33.9 Å². The summed E-state index contributed by atoms with van der Waals surface area (Å²) in [4.78, 5) is 0. The fourth-order valence-corrected chi connectivity index (χ4v) is 2.68. The number of halogens is 1. The Morgan fingerprint density at radius 3 is 2.20 bits per heavy atom. The highest BCUT2D eigenvalue weighted by Gasteiger charge is 2.17. The quantitative estimate of drug-likeness (QED) is 0.876. The average molecular weight is 271 g/mol. The zero-order valence-electron chi connectivity index (χ0n) is 12.6. The van der Waals surface area contributed by atoms with Gasteiger partial charge in [0, 0.05) is 11.6 Å². The maximum Gasteiger partial charge on any atom is 0.128 e. The molecule has 0 saturated carbocycles. The van der Waals surface area contributed by atoms with E-state index < -0.39 is 0 Å². The summed E-state index contributed by atoms with van der Waals surface area (Å²) < 4.78 is 14.3. The van der Waals surface area contributed by atoms with Crippen molar-refractivity contribution in [1.82, 2.24) is 5.32 Å². The highest BCUT2D eigenvalue weighted by atomic mass is 19.1. The second-order valence-corrected chi connectivity index (χ2v) is 5.51. The molecule has 0 aromatic heterocycles. The minimum atomic E-state index is -0.117. The van der Waals surface area contributed by atoms with E-state index in [9.17, 15) is 4.39 Å². The first-order valence-electron chi connectivity index (χ1n) is 7.00. The first kappa shape index (κ1) is 14.7. The molecule has 2 aromatic rings. The standard InChI is InChI=1S/C18H22FN/c1-12-5-7-15(8-6-12)11-17(20-4)18-14(3)9-13(2)10-16(18)19/h5-10,17,20H,11H2,1-4H3. The van der Waals surface area contributed by atoms with Crippen LogP contribution in [0.2, 0.25) is 0 Å². The van der Waals surface area contributed by atoms with Crippen LogP contribution in [0.25, 0.3) is 0 Å². The summed E-state index contributed by atoms with van der Waals surface area (Å²) in [5, 5.41) is 3.24. The normalized spacial score (nSPS) is 12.4. The number of hydrogen-bond donors (Lipinski definition) is 1. The maximum absolute atomic E-state index is 14.3. The van der Waals surface area contributed by atoms with Crippen LogP contribution in [0.15, 0.2) is 36.4 Å². The second-order valence-electron chi connectivity index (χ2n) is 5.51. The van der Waals surface area contributed by atoms with Gasteiger partial charge in [0.25, 0.3) is 0 Å². The summed E-state index contributed by atoms with van der Waals surface area (Å²) in [6.07, 6.45) is 0.789. The molecule has 0 radical (unpaired) electrons. The molecule has 2 rings (SSSR count). The Morgan fingerprint density at radius 2 is 1.65 bits per heavy atom. The van der Waals surface area contributed by atoms with E-state index in [0.717, 1.165) is 23.1 Å². The van der Waals surface area contributed by atoms with Gasteiger partial charge in [-0.25, -0.2) is 4.39 Å². The fourth-order valence-electron chi connectivity index (χ4n) is 2.68. The van der Waals surface area contributed by atoms with Crippen LogP contribution in [0, 0.1) is 26.6 Å². The summed E-state index contributed by atoms with van der Waals surface area (Å²) in [6.45, 7) is 5.97. The Kier molecular flexibility index (Phi) is 4.56. The molecule has 1 nitrogen and oxygen atoms in total. The van der Waals surface area contributed by atoms with Crippen molar-refractivity contribution in [3.63, 3.8) is 0 Å². The Balaban J connectivity index is 2.31. The van der Waals surface area contributed by atoms with Gasteiger partial charge in [-0.2, -0.15) is 0 Å². The van der Waals surface area contributed by atoms with Gasteiger partial charge in [-0.15, -0.1) is 0 Å². The van der Waals surface area contributed by atoms with Crippen molar-refractivity contribution >= 4 is 0 Å². The Hall–Kier alpha value is -1.67. The molecule has 0 fully saturated rings. The van der Waals surface area contributed by atoms with Crippen molar-refractivity contribution in [3.8, 4) is 0 Å². The SMILES string of the molecule is CNC(Cc1ccc(C)cc1)c1c(C)cc(C)cc1F. The number of rotatable bonds is 4. The van der Waals surface area contributed by atoms with Gasteiger partial charge in [-0.05, 0) is 57.0 Å². The topological polar surface area (TPSA) is 12.0 Å². The lowest BCUT2D eigenvalue weighted by Gasteiger charge is -2.20. The molecule has 2 aromatic carbocycles. The molecule has 0 spiro atoms. The maximum atomic E-state index is 14.3. The van der Waals surface area contributed by atoms with Crippen LogP contribution in [0.4, 0.5) is 4.39 Å². The smallest absolute Gasteiger partial charge is 0.128 e. The number of benzene rings is 2. The van der Waals surface area contributed by atoms with Gasteiger partial charge in [0.2, 0.25) is 0 Å². The molecule has 0 heterocycles. The molecule has 0 bridgehead atoms. The Bertz CT molecular complexity index is 564. The zero-order chi connectivity index (χ0) is 14.7. The van der Waals surface area contributed by atoms with E-state index in [2.05, 4.69) is 36.5 Å². The van der Waals surface area contributed by atoms with Crippen LogP contribution in [-0.4, -0.2) is 7.05 Å². The largest absolute Gasteiger partial charge is 0.313 e. The van der Waals surface area contributed by atoms with Crippen LogP contribution in [-0.2, 0) is 6.42 Å². The number of nitrogens with one attached hydrogen (secondary N) is 1. The van der Waals surface area contributed by atoms with E-state index in [1.807, 2.05) is 27.0 Å². The van der Waals surface area contributed by atoms with E-state index in [1.54, 1.807) is 6.07 Å². The summed E-state index contributed by atoms with van der Waals surface area (Å²) in [7, 11) is 1.89. The predicted octanol–water partition coefficient (Wildman–Crippen LogP) is 4.25. The van der Waals surface area contributed by atoms with Gasteiger partial charge in [0.1, 0.15) is 5.82 Å². The van der Waals surface area contributed by atoms with Crippen molar-refractivity contribution < 1.29 is 4.39 Å². The van der Waals surface area contributed by atoms with Crippen molar-refractivity contribution in [1.29, 1.82) is 0 Å². The van der Waals surface area contributed by atoms with E-state index in [1.165, 1.54) is 11.1 Å². The van der Waals surface area contributed by atoms with Gasteiger partial charge >= 0.3 is 0 Å². The van der Waals surface area contributed by atoms with Crippen LogP contribution in [0.5, 0.6) is 0 Å².